The number of carbonyl (C=O) groups excluding carboxylic acids is 2. The standard InChI is InChI=1S/C24H17Cl4F2N3O2/c1-10-6-17(30)19(9-18(10)31)33-22(34)13-8-12(3-4-14(13)25)32-23(35)21-20(24(21,27)28)11-2-5-16(29)15(26)7-11/h2-9,20-21H,31H2,1H3,(H,32,35)(H,33,34)/t20-,21+/m0/s1. The third-order valence-corrected chi connectivity index (χ3v) is 7.28. The Morgan fingerprint density at radius 3 is 2.34 bits per heavy atom. The molecular formula is C24H17Cl4F2N3O2. The van der Waals surface area contributed by atoms with Gasteiger partial charge in [0.15, 0.2) is 0 Å². The molecule has 0 unspecified atom stereocenters. The zero-order valence-electron chi connectivity index (χ0n) is 17.9. The van der Waals surface area contributed by atoms with Gasteiger partial charge >= 0.3 is 0 Å². The molecule has 0 radical (unpaired) electrons. The first-order valence-corrected chi connectivity index (χ1v) is 11.7. The van der Waals surface area contributed by atoms with Gasteiger partial charge < -0.3 is 16.4 Å². The van der Waals surface area contributed by atoms with Crippen LogP contribution < -0.4 is 16.4 Å². The number of alkyl halides is 2. The zero-order chi connectivity index (χ0) is 25.7. The fourth-order valence-electron chi connectivity index (χ4n) is 3.75. The van der Waals surface area contributed by atoms with Crippen LogP contribution in [0.4, 0.5) is 25.8 Å². The van der Waals surface area contributed by atoms with Crippen LogP contribution in [0, 0.1) is 24.5 Å². The number of anilines is 3. The second-order valence-electron chi connectivity index (χ2n) is 8.13. The quantitative estimate of drug-likeness (QED) is 0.234. The zero-order valence-corrected chi connectivity index (χ0v) is 21.0. The van der Waals surface area contributed by atoms with Crippen molar-refractivity contribution < 1.29 is 18.4 Å². The van der Waals surface area contributed by atoms with E-state index < -0.39 is 39.6 Å². The van der Waals surface area contributed by atoms with E-state index in [2.05, 4.69) is 10.6 Å². The van der Waals surface area contributed by atoms with Gasteiger partial charge in [-0.1, -0.05) is 29.3 Å². The monoisotopic (exact) mass is 557 g/mol. The van der Waals surface area contributed by atoms with Gasteiger partial charge in [-0.05, 0) is 60.5 Å². The Labute approximate surface area is 219 Å². The molecular weight excluding hydrogens is 542 g/mol. The largest absolute Gasteiger partial charge is 0.398 e. The molecule has 5 nitrogen and oxygen atoms in total. The number of aryl methyl sites for hydroxylation is 1. The van der Waals surface area contributed by atoms with Crippen molar-refractivity contribution in [2.45, 2.75) is 17.2 Å². The van der Waals surface area contributed by atoms with Crippen molar-refractivity contribution in [1.82, 2.24) is 0 Å². The van der Waals surface area contributed by atoms with Crippen LogP contribution in [0.15, 0.2) is 48.5 Å². The van der Waals surface area contributed by atoms with E-state index in [0.29, 0.717) is 16.8 Å². The van der Waals surface area contributed by atoms with Gasteiger partial charge in [0.05, 0.1) is 27.2 Å². The Hall–Kier alpha value is -2.58. The number of hydrogen-bond acceptors (Lipinski definition) is 3. The number of nitrogens with two attached hydrogens (primary N) is 1. The number of nitrogens with one attached hydrogen (secondary N) is 2. The maximum Gasteiger partial charge on any atom is 0.257 e. The van der Waals surface area contributed by atoms with Crippen LogP contribution in [0.5, 0.6) is 0 Å². The van der Waals surface area contributed by atoms with Crippen molar-refractivity contribution in [2.24, 2.45) is 5.92 Å². The maximum absolute atomic E-state index is 14.2. The molecule has 182 valence electrons. The molecule has 0 saturated heterocycles. The molecule has 4 N–H and O–H groups in total. The van der Waals surface area contributed by atoms with Gasteiger partial charge in [0.1, 0.15) is 16.0 Å². The second kappa shape index (κ2) is 9.47. The first-order valence-electron chi connectivity index (χ1n) is 10.2. The molecule has 1 fully saturated rings. The fourth-order valence-corrected chi connectivity index (χ4v) is 4.97. The van der Waals surface area contributed by atoms with Gasteiger partial charge in [-0.3, -0.25) is 9.59 Å². The van der Waals surface area contributed by atoms with E-state index in [0.717, 1.165) is 0 Å². The Morgan fingerprint density at radius 1 is 0.943 bits per heavy atom. The summed E-state index contributed by atoms with van der Waals surface area (Å²) < 4.78 is 26.3. The van der Waals surface area contributed by atoms with Gasteiger partial charge in [-0.15, -0.1) is 23.2 Å². The van der Waals surface area contributed by atoms with Crippen molar-refractivity contribution >= 4 is 75.3 Å². The van der Waals surface area contributed by atoms with Crippen LogP contribution in [0.25, 0.3) is 0 Å². The molecule has 3 aromatic carbocycles. The van der Waals surface area contributed by atoms with Gasteiger partial charge in [-0.25, -0.2) is 8.78 Å². The summed E-state index contributed by atoms with van der Waals surface area (Å²) in [4.78, 5) is 25.7. The van der Waals surface area contributed by atoms with Crippen molar-refractivity contribution in [3.63, 3.8) is 0 Å². The maximum atomic E-state index is 14.2. The van der Waals surface area contributed by atoms with Gasteiger partial charge in [0.25, 0.3) is 5.91 Å². The van der Waals surface area contributed by atoms with E-state index in [1.54, 1.807) is 6.92 Å². The molecule has 1 aliphatic carbocycles. The number of carbonyl (C=O) groups is 2. The van der Waals surface area contributed by atoms with Crippen LogP contribution in [0.2, 0.25) is 10.0 Å². The average Bonchev–Trinajstić information content (AvgIpc) is 3.37. The van der Waals surface area contributed by atoms with E-state index in [-0.39, 0.29) is 27.0 Å². The van der Waals surface area contributed by atoms with E-state index >= 15 is 0 Å². The van der Waals surface area contributed by atoms with Crippen molar-refractivity contribution in [2.75, 3.05) is 16.4 Å². The predicted octanol–water partition coefficient (Wildman–Crippen LogP) is 6.94. The lowest BCUT2D eigenvalue weighted by molar-refractivity contribution is -0.117. The number of benzene rings is 3. The summed E-state index contributed by atoms with van der Waals surface area (Å²) in [6, 6.07) is 10.7. The predicted molar refractivity (Wildman–Crippen MR) is 136 cm³/mol. The minimum absolute atomic E-state index is 0.0105. The molecule has 0 aliphatic heterocycles. The summed E-state index contributed by atoms with van der Waals surface area (Å²) in [5.74, 6) is -3.97. The molecule has 2 amide bonds. The molecule has 1 saturated carbocycles. The first kappa shape index (κ1) is 25.5. The summed E-state index contributed by atoms with van der Waals surface area (Å²) in [5, 5.41) is 5.04. The fraction of sp³-hybridized carbons (Fsp3) is 0.167. The molecule has 4 rings (SSSR count). The Balaban J connectivity index is 1.52. The highest BCUT2D eigenvalue weighted by Gasteiger charge is 2.67. The van der Waals surface area contributed by atoms with Gasteiger partial charge in [-0.2, -0.15) is 0 Å². The third kappa shape index (κ3) is 5.05. The highest BCUT2D eigenvalue weighted by atomic mass is 35.5. The Bertz CT molecular complexity index is 1370. The van der Waals surface area contributed by atoms with Crippen molar-refractivity contribution in [3.05, 3.63) is 86.9 Å². The molecule has 2 atom stereocenters. The molecule has 11 heteroatoms. The van der Waals surface area contributed by atoms with E-state index in [4.69, 9.17) is 52.1 Å². The summed E-state index contributed by atoms with van der Waals surface area (Å²) >= 11 is 24.7. The summed E-state index contributed by atoms with van der Waals surface area (Å²) in [6.45, 7) is 1.64. The lowest BCUT2D eigenvalue weighted by Gasteiger charge is -2.12. The Morgan fingerprint density at radius 2 is 1.66 bits per heavy atom. The summed E-state index contributed by atoms with van der Waals surface area (Å²) in [6.07, 6.45) is 0. The summed E-state index contributed by atoms with van der Waals surface area (Å²) in [7, 11) is 0. The minimum Gasteiger partial charge on any atom is -0.398 e. The molecule has 0 spiro atoms. The number of hydrogen-bond donors (Lipinski definition) is 3. The lowest BCUT2D eigenvalue weighted by Crippen LogP contribution is -2.18. The average molecular weight is 559 g/mol. The van der Waals surface area contributed by atoms with Crippen molar-refractivity contribution in [3.8, 4) is 0 Å². The highest BCUT2D eigenvalue weighted by Crippen LogP contribution is 2.65. The Kier molecular flexibility index (Phi) is 6.90. The number of nitrogen functional groups attached to an aromatic ring is 1. The smallest absolute Gasteiger partial charge is 0.257 e. The normalized spacial score (nSPS) is 18.1. The third-order valence-electron chi connectivity index (χ3n) is 5.72. The van der Waals surface area contributed by atoms with E-state index in [9.17, 15) is 18.4 Å². The molecule has 35 heavy (non-hydrogen) atoms. The first-order chi connectivity index (χ1) is 16.4. The summed E-state index contributed by atoms with van der Waals surface area (Å²) in [5.41, 5.74) is 7.25. The van der Waals surface area contributed by atoms with Crippen LogP contribution in [0.3, 0.4) is 0 Å². The molecule has 0 heterocycles. The number of halogens is 6. The SMILES string of the molecule is Cc1cc(F)c(NC(=O)c2cc(NC(=O)[C@H]3[C@H](c4ccc(F)c(Cl)c4)C3(Cl)Cl)ccc2Cl)cc1N. The molecule has 0 bridgehead atoms. The second-order valence-corrected chi connectivity index (χ2v) is 10.4. The number of amides is 2. The van der Waals surface area contributed by atoms with Gasteiger partial charge in [0.2, 0.25) is 5.91 Å². The topological polar surface area (TPSA) is 84.2 Å². The highest BCUT2D eigenvalue weighted by molar-refractivity contribution is 6.53. The van der Waals surface area contributed by atoms with Crippen LogP contribution in [-0.2, 0) is 4.79 Å². The van der Waals surface area contributed by atoms with E-state index in [1.807, 2.05) is 0 Å². The minimum atomic E-state index is -1.43. The lowest BCUT2D eigenvalue weighted by atomic mass is 10.1. The van der Waals surface area contributed by atoms with Crippen LogP contribution in [0.1, 0.15) is 27.4 Å². The van der Waals surface area contributed by atoms with E-state index in [1.165, 1.54) is 48.5 Å². The van der Waals surface area contributed by atoms with Crippen LogP contribution in [-0.4, -0.2) is 16.1 Å². The van der Waals surface area contributed by atoms with Gasteiger partial charge in [0, 0.05) is 17.3 Å². The number of rotatable bonds is 5. The molecule has 0 aromatic heterocycles. The molecule has 3 aromatic rings. The van der Waals surface area contributed by atoms with Crippen molar-refractivity contribution in [1.29, 1.82) is 0 Å². The van der Waals surface area contributed by atoms with Crippen LogP contribution >= 0.6 is 46.4 Å². The molecule has 1 aliphatic rings.